The van der Waals surface area contributed by atoms with Crippen molar-refractivity contribution in [2.24, 2.45) is 23.2 Å². The van der Waals surface area contributed by atoms with Crippen LogP contribution in [0.1, 0.15) is 48.9 Å². The number of nitrogens with zero attached hydrogens (tertiary/aromatic N) is 1. The lowest BCUT2D eigenvalue weighted by Gasteiger charge is -2.56. The fourth-order valence-corrected chi connectivity index (χ4v) is 7.52. The van der Waals surface area contributed by atoms with Gasteiger partial charge in [-0.05, 0) is 92.0 Å². The summed E-state index contributed by atoms with van der Waals surface area (Å²) in [6, 6.07) is 8.48. The third-order valence-corrected chi connectivity index (χ3v) is 8.76. The number of amides is 1. The number of hydrogen-bond acceptors (Lipinski definition) is 3. The highest BCUT2D eigenvalue weighted by atomic mass is 35.5. The highest BCUT2D eigenvalue weighted by Crippen LogP contribution is 2.59. The van der Waals surface area contributed by atoms with Crippen LogP contribution in [0.2, 0.25) is 5.02 Å². The Morgan fingerprint density at radius 2 is 1.66 bits per heavy atom. The van der Waals surface area contributed by atoms with Gasteiger partial charge in [0, 0.05) is 28.7 Å². The molecule has 1 amide bonds. The lowest BCUT2D eigenvalue weighted by molar-refractivity contribution is -0.0503. The summed E-state index contributed by atoms with van der Waals surface area (Å²) in [4.78, 5) is 18.2. The van der Waals surface area contributed by atoms with E-state index in [1.54, 1.807) is 42.7 Å². The van der Waals surface area contributed by atoms with Crippen molar-refractivity contribution in [3.8, 4) is 0 Å². The molecule has 2 aromatic rings. The van der Waals surface area contributed by atoms with Crippen molar-refractivity contribution in [3.05, 3.63) is 53.3 Å². The second-order valence-corrected chi connectivity index (χ2v) is 11.1. The molecule has 1 heterocycles. The van der Waals surface area contributed by atoms with E-state index in [1.165, 1.54) is 38.5 Å². The molecule has 152 valence electrons. The highest BCUT2D eigenvalue weighted by molar-refractivity contribution is 7.85. The highest BCUT2D eigenvalue weighted by Gasteiger charge is 2.50. The van der Waals surface area contributed by atoms with Gasteiger partial charge in [0.1, 0.15) is 0 Å². The van der Waals surface area contributed by atoms with E-state index in [0.717, 1.165) is 24.3 Å². The van der Waals surface area contributed by atoms with Crippen molar-refractivity contribution in [2.75, 3.05) is 6.54 Å². The molecule has 1 aromatic carbocycles. The Kier molecular flexibility index (Phi) is 4.99. The molecule has 4 aliphatic rings. The molecule has 4 fully saturated rings. The molecule has 0 spiro atoms. The van der Waals surface area contributed by atoms with Crippen molar-refractivity contribution in [1.82, 2.24) is 10.3 Å². The first-order chi connectivity index (χ1) is 14.0. The average Bonchev–Trinajstić information content (AvgIpc) is 2.71. The molecule has 4 nitrogen and oxygen atoms in total. The SMILES string of the molecule is O=C(NCC12CC3CC(CC(C3)C1)C2)c1cc(S(=O)c2ccncc2)ccc1Cl. The van der Waals surface area contributed by atoms with Crippen LogP contribution in [0.3, 0.4) is 0 Å². The lowest BCUT2D eigenvalue weighted by atomic mass is 9.49. The van der Waals surface area contributed by atoms with Crippen molar-refractivity contribution >= 4 is 28.3 Å². The average molecular weight is 429 g/mol. The predicted molar refractivity (Wildman–Crippen MR) is 113 cm³/mol. The van der Waals surface area contributed by atoms with Crippen molar-refractivity contribution in [3.63, 3.8) is 0 Å². The topological polar surface area (TPSA) is 59.1 Å². The predicted octanol–water partition coefficient (Wildman–Crippen LogP) is 4.85. The van der Waals surface area contributed by atoms with E-state index in [2.05, 4.69) is 10.3 Å². The zero-order valence-corrected chi connectivity index (χ0v) is 17.8. The first-order valence-corrected chi connectivity index (χ1v) is 11.9. The van der Waals surface area contributed by atoms with Gasteiger partial charge in [-0.15, -0.1) is 0 Å². The molecule has 1 unspecified atom stereocenters. The lowest BCUT2D eigenvalue weighted by Crippen LogP contribution is -2.51. The molecule has 4 saturated carbocycles. The number of benzene rings is 1. The van der Waals surface area contributed by atoms with Crippen molar-refractivity contribution < 1.29 is 9.00 Å². The molecule has 4 bridgehead atoms. The molecular weight excluding hydrogens is 404 g/mol. The quantitative estimate of drug-likeness (QED) is 0.740. The van der Waals surface area contributed by atoms with Gasteiger partial charge >= 0.3 is 0 Å². The van der Waals surface area contributed by atoms with E-state index < -0.39 is 10.8 Å². The molecule has 29 heavy (non-hydrogen) atoms. The third-order valence-electron chi connectivity index (χ3n) is 7.05. The molecule has 0 aliphatic heterocycles. The van der Waals surface area contributed by atoms with Crippen LogP contribution in [0.25, 0.3) is 0 Å². The summed E-state index contributed by atoms with van der Waals surface area (Å²) in [5.41, 5.74) is 0.672. The second kappa shape index (κ2) is 7.51. The van der Waals surface area contributed by atoms with Crippen LogP contribution in [0.15, 0.2) is 52.5 Å². The van der Waals surface area contributed by atoms with Gasteiger partial charge in [0.2, 0.25) is 0 Å². The molecule has 1 N–H and O–H groups in total. The van der Waals surface area contributed by atoms with Crippen LogP contribution >= 0.6 is 11.6 Å². The Labute approximate surface area is 178 Å². The Balaban J connectivity index is 1.32. The summed E-state index contributed by atoms with van der Waals surface area (Å²) >= 11 is 6.33. The first kappa shape index (κ1) is 19.3. The summed E-state index contributed by atoms with van der Waals surface area (Å²) in [5.74, 6) is 2.40. The fourth-order valence-electron chi connectivity index (χ4n) is 6.26. The zero-order valence-electron chi connectivity index (χ0n) is 16.3. The minimum atomic E-state index is -1.37. The molecule has 6 rings (SSSR count). The molecule has 0 saturated heterocycles. The Bertz CT molecular complexity index is 927. The number of pyridine rings is 1. The van der Waals surface area contributed by atoms with Gasteiger partial charge in [0.05, 0.1) is 21.4 Å². The minimum absolute atomic E-state index is 0.167. The van der Waals surface area contributed by atoms with Crippen LogP contribution in [-0.4, -0.2) is 21.6 Å². The number of carbonyl (C=O) groups is 1. The summed E-state index contributed by atoms with van der Waals surface area (Å²) in [6.07, 6.45) is 11.1. The number of carbonyl (C=O) groups excluding carboxylic acids is 1. The number of rotatable bonds is 5. The Morgan fingerprint density at radius 1 is 1.03 bits per heavy atom. The Hall–Kier alpha value is -1.72. The van der Waals surface area contributed by atoms with Crippen LogP contribution in [0.5, 0.6) is 0 Å². The van der Waals surface area contributed by atoms with Crippen LogP contribution in [0.4, 0.5) is 0 Å². The van der Waals surface area contributed by atoms with E-state index in [-0.39, 0.29) is 11.3 Å². The maximum Gasteiger partial charge on any atom is 0.252 e. The third kappa shape index (κ3) is 3.75. The summed E-state index contributed by atoms with van der Waals surface area (Å²) in [7, 11) is -1.37. The van der Waals surface area contributed by atoms with Gasteiger partial charge in [0.25, 0.3) is 5.91 Å². The number of halogens is 1. The van der Waals surface area contributed by atoms with E-state index in [9.17, 15) is 9.00 Å². The standard InChI is InChI=1S/C23H25ClN2O2S/c24-21-2-1-19(29(28)18-3-5-25-6-4-18)10-20(21)22(27)26-14-23-11-15-7-16(12-23)9-17(8-15)13-23/h1-6,10,15-17H,7-9,11-14H2,(H,26,27). The van der Waals surface area contributed by atoms with Gasteiger partial charge in [-0.2, -0.15) is 0 Å². The van der Waals surface area contributed by atoms with Crippen molar-refractivity contribution in [2.45, 2.75) is 48.3 Å². The van der Waals surface area contributed by atoms with Gasteiger partial charge < -0.3 is 5.32 Å². The fraction of sp³-hybridized carbons (Fsp3) is 0.478. The number of nitrogens with one attached hydrogen (secondary N) is 1. The number of hydrogen-bond donors (Lipinski definition) is 1. The summed E-state index contributed by atoms with van der Waals surface area (Å²) in [6.45, 7) is 0.726. The van der Waals surface area contributed by atoms with Crippen LogP contribution in [-0.2, 0) is 10.8 Å². The summed E-state index contributed by atoms with van der Waals surface area (Å²) < 4.78 is 12.8. The van der Waals surface area contributed by atoms with Crippen LogP contribution in [0, 0.1) is 23.2 Å². The molecule has 4 aliphatic carbocycles. The molecule has 6 heteroatoms. The van der Waals surface area contributed by atoms with Gasteiger partial charge in [-0.25, -0.2) is 4.21 Å². The monoisotopic (exact) mass is 428 g/mol. The second-order valence-electron chi connectivity index (χ2n) is 9.19. The molecular formula is C23H25ClN2O2S. The largest absolute Gasteiger partial charge is 0.351 e. The molecule has 1 atom stereocenters. The molecule has 0 radical (unpaired) electrons. The van der Waals surface area contributed by atoms with Crippen molar-refractivity contribution in [1.29, 1.82) is 0 Å². The minimum Gasteiger partial charge on any atom is -0.351 e. The number of aromatic nitrogens is 1. The van der Waals surface area contributed by atoms with E-state index in [4.69, 9.17) is 11.6 Å². The van der Waals surface area contributed by atoms with E-state index in [0.29, 0.717) is 20.4 Å². The maximum atomic E-state index is 13.0. The normalized spacial score (nSPS) is 30.9. The van der Waals surface area contributed by atoms with Crippen LogP contribution < -0.4 is 5.32 Å². The van der Waals surface area contributed by atoms with Gasteiger partial charge in [-0.1, -0.05) is 11.6 Å². The van der Waals surface area contributed by atoms with E-state index >= 15 is 0 Å². The maximum absolute atomic E-state index is 13.0. The van der Waals surface area contributed by atoms with Gasteiger partial charge in [-0.3, -0.25) is 9.78 Å². The van der Waals surface area contributed by atoms with Gasteiger partial charge in [0.15, 0.2) is 0 Å². The van der Waals surface area contributed by atoms with E-state index in [1.807, 2.05) is 0 Å². The smallest absolute Gasteiger partial charge is 0.252 e. The zero-order chi connectivity index (χ0) is 20.0. The molecule has 1 aromatic heterocycles. The summed E-state index contributed by atoms with van der Waals surface area (Å²) in [5, 5.41) is 3.56. The first-order valence-electron chi connectivity index (χ1n) is 10.4. The Morgan fingerprint density at radius 3 is 2.28 bits per heavy atom.